The molecular formula is C8H18ClN3O4S2. The zero-order valence-corrected chi connectivity index (χ0v) is 13.0. The summed E-state index contributed by atoms with van der Waals surface area (Å²) < 4.78 is 45.4. The standard InChI is InChI=1S/C8H17N3O4S2.ClH/c1-4-9-8-10-6-5-7-11(16(2,12)13)17(3,14)15;/h4-7H2,1-3H3;1H. The summed E-state index contributed by atoms with van der Waals surface area (Å²) >= 11 is 0. The average molecular weight is 320 g/mol. The minimum absolute atomic E-state index is 0. The highest BCUT2D eigenvalue weighted by Crippen LogP contribution is 2.05. The lowest BCUT2D eigenvalue weighted by atomic mass is 10.4. The highest BCUT2D eigenvalue weighted by Gasteiger charge is 2.25. The van der Waals surface area contributed by atoms with Crippen molar-refractivity contribution in [2.75, 3.05) is 32.1 Å². The van der Waals surface area contributed by atoms with Crippen molar-refractivity contribution in [3.8, 4) is 0 Å². The van der Waals surface area contributed by atoms with E-state index in [4.69, 9.17) is 0 Å². The lowest BCUT2D eigenvalue weighted by Crippen LogP contribution is -2.36. The molecule has 0 amide bonds. The van der Waals surface area contributed by atoms with E-state index in [2.05, 4.69) is 16.0 Å². The molecule has 0 heterocycles. The fourth-order valence-corrected chi connectivity index (χ4v) is 3.92. The van der Waals surface area contributed by atoms with Gasteiger partial charge in [-0.25, -0.2) is 26.8 Å². The summed E-state index contributed by atoms with van der Waals surface area (Å²) in [6, 6.07) is 2.42. The van der Waals surface area contributed by atoms with E-state index < -0.39 is 20.0 Å². The second-order valence-electron chi connectivity index (χ2n) is 3.33. The molecule has 0 saturated heterocycles. The molecule has 0 saturated carbocycles. The van der Waals surface area contributed by atoms with Crippen molar-refractivity contribution in [2.24, 2.45) is 9.98 Å². The van der Waals surface area contributed by atoms with E-state index in [9.17, 15) is 16.8 Å². The third-order valence-corrected chi connectivity index (χ3v) is 5.12. The van der Waals surface area contributed by atoms with Gasteiger partial charge in [0.2, 0.25) is 20.0 Å². The maximum atomic E-state index is 11.2. The molecule has 0 N–H and O–H groups in total. The third-order valence-electron chi connectivity index (χ3n) is 1.65. The van der Waals surface area contributed by atoms with Crippen molar-refractivity contribution < 1.29 is 16.8 Å². The molecule has 0 aromatic carbocycles. The zero-order valence-electron chi connectivity index (χ0n) is 10.5. The van der Waals surface area contributed by atoms with Crippen molar-refractivity contribution in [2.45, 2.75) is 13.3 Å². The maximum Gasteiger partial charge on any atom is 0.224 e. The van der Waals surface area contributed by atoms with E-state index in [1.165, 1.54) is 0 Å². The first-order valence-corrected chi connectivity index (χ1v) is 8.65. The largest absolute Gasteiger partial charge is 0.226 e. The number of rotatable bonds is 7. The Morgan fingerprint density at radius 3 is 1.94 bits per heavy atom. The van der Waals surface area contributed by atoms with E-state index >= 15 is 0 Å². The molecule has 0 aliphatic rings. The molecule has 0 atom stereocenters. The summed E-state index contributed by atoms with van der Waals surface area (Å²) in [7, 11) is -7.52. The zero-order chi connectivity index (χ0) is 13.5. The molecule has 0 unspecified atom stereocenters. The number of hydrogen-bond acceptors (Lipinski definition) is 6. The summed E-state index contributed by atoms with van der Waals surface area (Å²) in [5, 5.41) is 0. The topological polar surface area (TPSA) is 96.2 Å². The Balaban J connectivity index is 0. The minimum atomic E-state index is -3.76. The van der Waals surface area contributed by atoms with Crippen LogP contribution in [0.15, 0.2) is 9.98 Å². The predicted octanol–water partition coefficient (Wildman–Crippen LogP) is 0.213. The molecule has 0 fully saturated rings. The van der Waals surface area contributed by atoms with Crippen LogP contribution in [0.5, 0.6) is 0 Å². The Labute approximate surface area is 115 Å². The highest BCUT2D eigenvalue weighted by molar-refractivity contribution is 8.03. The molecule has 0 aromatic rings. The number of nitrogens with zero attached hydrogens (tertiary/aromatic N) is 3. The molecule has 0 rings (SSSR count). The number of sulfonamides is 2. The molecule has 0 aromatic heterocycles. The molecule has 0 radical (unpaired) electrons. The van der Waals surface area contributed by atoms with Gasteiger partial charge in [-0.05, 0) is 13.3 Å². The Morgan fingerprint density at radius 1 is 1.06 bits per heavy atom. The van der Waals surface area contributed by atoms with Crippen molar-refractivity contribution in [1.29, 1.82) is 0 Å². The van der Waals surface area contributed by atoms with Crippen LogP contribution >= 0.6 is 12.4 Å². The van der Waals surface area contributed by atoms with Gasteiger partial charge in [0, 0.05) is 13.1 Å². The summed E-state index contributed by atoms with van der Waals surface area (Å²) in [5.74, 6) is 0. The molecule has 7 nitrogen and oxygen atoms in total. The minimum Gasteiger partial charge on any atom is -0.226 e. The fraction of sp³-hybridized carbons (Fsp3) is 0.875. The van der Waals surface area contributed by atoms with Crippen LogP contribution in [0.4, 0.5) is 0 Å². The smallest absolute Gasteiger partial charge is 0.224 e. The predicted molar refractivity (Wildman–Crippen MR) is 73.5 cm³/mol. The van der Waals surface area contributed by atoms with Gasteiger partial charge in [-0.3, -0.25) is 0 Å². The Morgan fingerprint density at radius 2 is 1.56 bits per heavy atom. The molecule has 0 aliphatic heterocycles. The van der Waals surface area contributed by atoms with Gasteiger partial charge in [-0.1, -0.05) is 3.71 Å². The number of halogens is 1. The monoisotopic (exact) mass is 319 g/mol. The van der Waals surface area contributed by atoms with E-state index in [0.717, 1.165) is 12.5 Å². The van der Waals surface area contributed by atoms with Crippen molar-refractivity contribution in [3.63, 3.8) is 0 Å². The van der Waals surface area contributed by atoms with Crippen molar-refractivity contribution >= 4 is 38.5 Å². The van der Waals surface area contributed by atoms with Gasteiger partial charge in [0.15, 0.2) is 0 Å². The van der Waals surface area contributed by atoms with E-state index in [1.54, 1.807) is 0 Å². The normalized spacial score (nSPS) is 11.6. The van der Waals surface area contributed by atoms with Crippen LogP contribution in [-0.4, -0.2) is 58.7 Å². The average Bonchev–Trinajstić information content (AvgIpc) is 2.12. The van der Waals surface area contributed by atoms with Gasteiger partial charge >= 0.3 is 0 Å². The summed E-state index contributed by atoms with van der Waals surface area (Å²) in [5.41, 5.74) is 0. The van der Waals surface area contributed by atoms with Crippen LogP contribution in [0.25, 0.3) is 0 Å². The summed E-state index contributed by atoms with van der Waals surface area (Å²) in [6.07, 6.45) is 2.01. The first-order chi connectivity index (χ1) is 7.69. The Bertz CT molecular complexity index is 462. The number of hydrogen-bond donors (Lipinski definition) is 0. The lowest BCUT2D eigenvalue weighted by Gasteiger charge is -2.16. The van der Waals surface area contributed by atoms with Crippen molar-refractivity contribution in [1.82, 2.24) is 3.71 Å². The van der Waals surface area contributed by atoms with Crippen LogP contribution < -0.4 is 0 Å². The molecule has 0 bridgehead atoms. The Hall–Kier alpha value is -0.470. The van der Waals surface area contributed by atoms with Crippen LogP contribution in [-0.2, 0) is 20.0 Å². The van der Waals surface area contributed by atoms with Gasteiger partial charge in [-0.15, -0.1) is 12.4 Å². The van der Waals surface area contributed by atoms with Crippen LogP contribution in [0.2, 0.25) is 0 Å². The first kappa shape index (κ1) is 19.9. The van der Waals surface area contributed by atoms with E-state index in [0.29, 0.717) is 16.7 Å². The van der Waals surface area contributed by atoms with Gasteiger partial charge in [0.25, 0.3) is 0 Å². The van der Waals surface area contributed by atoms with Crippen LogP contribution in [0.3, 0.4) is 0 Å². The van der Waals surface area contributed by atoms with Crippen LogP contribution in [0, 0.1) is 0 Å². The van der Waals surface area contributed by atoms with E-state index in [1.807, 2.05) is 6.92 Å². The van der Waals surface area contributed by atoms with Gasteiger partial charge in [-0.2, -0.15) is 0 Å². The summed E-state index contributed by atoms with van der Waals surface area (Å²) in [6.45, 7) is 2.57. The summed E-state index contributed by atoms with van der Waals surface area (Å²) in [4.78, 5) is 7.48. The lowest BCUT2D eigenvalue weighted by molar-refractivity contribution is 0.500. The second-order valence-corrected chi connectivity index (χ2v) is 7.38. The first-order valence-electron chi connectivity index (χ1n) is 4.95. The Kier molecular flexibility index (Phi) is 9.49. The van der Waals surface area contributed by atoms with E-state index in [-0.39, 0.29) is 25.5 Å². The number of aliphatic imine (C=N–C) groups is 2. The fourth-order valence-electron chi connectivity index (χ4n) is 1.03. The molecule has 108 valence electrons. The molecular weight excluding hydrogens is 302 g/mol. The SMILES string of the molecule is CCN=C=NCCCN(S(C)(=O)=O)S(C)(=O)=O.Cl. The van der Waals surface area contributed by atoms with Crippen LogP contribution in [0.1, 0.15) is 13.3 Å². The third kappa shape index (κ3) is 8.60. The van der Waals surface area contributed by atoms with Gasteiger partial charge in [0.1, 0.15) is 0 Å². The molecule has 18 heavy (non-hydrogen) atoms. The maximum absolute atomic E-state index is 11.2. The second kappa shape index (κ2) is 8.60. The quantitative estimate of drug-likeness (QED) is 0.495. The molecule has 10 heteroatoms. The molecule has 0 spiro atoms. The van der Waals surface area contributed by atoms with Gasteiger partial charge in [0.05, 0.1) is 25.1 Å². The highest BCUT2D eigenvalue weighted by atomic mass is 35.5. The van der Waals surface area contributed by atoms with Gasteiger partial charge < -0.3 is 0 Å². The molecule has 0 aliphatic carbocycles. The van der Waals surface area contributed by atoms with Crippen molar-refractivity contribution in [3.05, 3.63) is 0 Å².